The van der Waals surface area contributed by atoms with Gasteiger partial charge in [-0.2, -0.15) is 0 Å². The lowest BCUT2D eigenvalue weighted by atomic mass is 9.34. The third-order valence-corrected chi connectivity index (χ3v) is 13.7. The highest BCUT2D eigenvalue weighted by Crippen LogP contribution is 2.92. The number of nitrogens with zero attached hydrogens (tertiary/aromatic N) is 1. The minimum atomic E-state index is -1.82. The number of amides is 2. The fourth-order valence-electron chi connectivity index (χ4n) is 12.2. The molecule has 9 aliphatic rings. The molecule has 258 valence electrons. The lowest BCUT2D eigenvalue weighted by Gasteiger charge is -2.58. The number of benzene rings is 1. The van der Waals surface area contributed by atoms with Crippen molar-refractivity contribution in [3.8, 4) is 0 Å². The minimum absolute atomic E-state index is 0.211. The van der Waals surface area contributed by atoms with Crippen LogP contribution < -0.4 is 4.90 Å². The fraction of sp³-hybridized carbons (Fsp3) is 0.647. The maximum Gasteiger partial charge on any atom is 0.342 e. The van der Waals surface area contributed by atoms with Crippen molar-refractivity contribution in [3.05, 3.63) is 29.8 Å². The topological polar surface area (TPSA) is 186 Å². The summed E-state index contributed by atoms with van der Waals surface area (Å²) < 4.78 is 46.0. The van der Waals surface area contributed by atoms with E-state index in [0.717, 1.165) is 38.9 Å². The summed E-state index contributed by atoms with van der Waals surface area (Å²) in [6.45, 7) is 6.12. The molecule has 7 saturated heterocycles. The van der Waals surface area contributed by atoms with Gasteiger partial charge in [0.2, 0.25) is 34.2 Å². The molecule has 15 nitrogen and oxygen atoms in total. The highest BCUT2D eigenvalue weighted by atomic mass is 16.7. The Balaban J connectivity index is 1.19. The number of carbonyl (C=O) groups excluding carboxylic acids is 6. The number of ether oxygens (including phenoxy) is 8. The number of anilines is 1. The number of rotatable bonds is 5. The van der Waals surface area contributed by atoms with Crippen molar-refractivity contribution in [2.45, 2.75) is 73.0 Å². The van der Waals surface area contributed by atoms with Crippen molar-refractivity contribution >= 4 is 41.4 Å². The first-order valence-electron chi connectivity index (χ1n) is 16.2. The number of imide groups is 1. The normalized spacial score (nSPS) is 50.5. The molecule has 0 N–H and O–H groups in total. The number of esters is 4. The number of methoxy groups -OCH3 is 4. The molecule has 9 fully saturated rings. The highest BCUT2D eigenvalue weighted by Gasteiger charge is 3.12. The van der Waals surface area contributed by atoms with Crippen LogP contribution in [0, 0.1) is 34.5 Å². The molecule has 49 heavy (non-hydrogen) atoms. The Bertz CT molecular complexity index is 1700. The van der Waals surface area contributed by atoms with Crippen LogP contribution in [0.1, 0.15) is 26.3 Å². The Morgan fingerprint density at radius 3 is 1.16 bits per heavy atom. The molecule has 0 radical (unpaired) electrons. The van der Waals surface area contributed by atoms with Crippen LogP contribution >= 0.6 is 0 Å². The standard InChI is InChI=1S/C34H33NO14/c1-28(2,3)12-8-10-13(11-9-12)35-22(36)29-18-14-15(32(25(39)43-5)31(14,48-32)24(38)42-4)19(46-18)30(29,23(35)37)21-17-16(20(29)47-21)33(26(40)44-6)34(17,49-33)27(41)45-7/h8-11,14-21H,1-7H3/t14?,15?,16?,17?,18-,19+,20+,21-,29?,30?,31+,32-,33-,34+. The number of epoxide rings is 2. The Morgan fingerprint density at radius 2 is 0.898 bits per heavy atom. The van der Waals surface area contributed by atoms with Crippen molar-refractivity contribution in [2.75, 3.05) is 33.3 Å². The largest absolute Gasteiger partial charge is 0.467 e. The van der Waals surface area contributed by atoms with Crippen LogP contribution in [0.15, 0.2) is 24.3 Å². The molecule has 6 unspecified atom stereocenters. The third-order valence-electron chi connectivity index (χ3n) is 13.7. The first kappa shape index (κ1) is 29.9. The van der Waals surface area contributed by atoms with Gasteiger partial charge < -0.3 is 37.9 Å². The van der Waals surface area contributed by atoms with Crippen molar-refractivity contribution < 1.29 is 66.7 Å². The molecule has 2 amide bonds. The molecule has 0 spiro atoms. The Labute approximate surface area is 278 Å². The summed E-state index contributed by atoms with van der Waals surface area (Å²) in [5, 5.41) is 0. The number of hydrogen-bond acceptors (Lipinski definition) is 14. The first-order chi connectivity index (χ1) is 23.2. The summed E-state index contributed by atoms with van der Waals surface area (Å²) in [5.41, 5.74) is -9.80. The van der Waals surface area contributed by atoms with Crippen LogP contribution in [0.25, 0.3) is 0 Å². The zero-order valence-corrected chi connectivity index (χ0v) is 27.6. The molecule has 2 saturated carbocycles. The van der Waals surface area contributed by atoms with Gasteiger partial charge in [0.15, 0.2) is 0 Å². The summed E-state index contributed by atoms with van der Waals surface area (Å²) in [6, 6.07) is 7.10. The predicted octanol–water partition coefficient (Wildman–Crippen LogP) is -0.408. The van der Waals surface area contributed by atoms with Gasteiger partial charge in [0.1, 0.15) is 10.8 Å². The van der Waals surface area contributed by atoms with Crippen LogP contribution in [0.2, 0.25) is 0 Å². The first-order valence-corrected chi connectivity index (χ1v) is 16.2. The van der Waals surface area contributed by atoms with E-state index in [1.165, 1.54) is 0 Å². The van der Waals surface area contributed by atoms with Crippen LogP contribution in [0.4, 0.5) is 5.69 Å². The van der Waals surface area contributed by atoms with E-state index in [2.05, 4.69) is 0 Å². The molecule has 10 rings (SSSR count). The molecule has 7 aliphatic heterocycles. The summed E-state index contributed by atoms with van der Waals surface area (Å²) >= 11 is 0. The maximum absolute atomic E-state index is 15.3. The molecule has 4 bridgehead atoms. The van der Waals surface area contributed by atoms with Crippen LogP contribution in [0.5, 0.6) is 0 Å². The van der Waals surface area contributed by atoms with E-state index in [0.29, 0.717) is 5.69 Å². The molecular formula is C34H33NO14. The number of carbonyl (C=O) groups is 6. The van der Waals surface area contributed by atoms with E-state index in [9.17, 15) is 19.2 Å². The Hall–Kier alpha value is -3.92. The average Bonchev–Trinajstić information content (AvgIpc) is 3.42. The number of hydrogen-bond donors (Lipinski definition) is 0. The molecule has 1 aromatic carbocycles. The molecule has 7 heterocycles. The van der Waals surface area contributed by atoms with Crippen LogP contribution in [-0.2, 0) is 72.1 Å². The van der Waals surface area contributed by atoms with E-state index >= 15 is 9.59 Å². The summed E-state index contributed by atoms with van der Waals surface area (Å²) in [5.74, 6) is -8.24. The van der Waals surface area contributed by atoms with Gasteiger partial charge in [-0.25, -0.2) is 24.1 Å². The van der Waals surface area contributed by atoms with E-state index in [4.69, 9.17) is 37.9 Å². The summed E-state index contributed by atoms with van der Waals surface area (Å²) in [4.78, 5) is 85.7. The zero-order chi connectivity index (χ0) is 34.8. The van der Waals surface area contributed by atoms with E-state index in [1.54, 1.807) is 12.1 Å². The van der Waals surface area contributed by atoms with Gasteiger partial charge >= 0.3 is 23.9 Å². The molecule has 15 heteroatoms. The van der Waals surface area contributed by atoms with Gasteiger partial charge in [0.05, 0.1) is 58.5 Å². The monoisotopic (exact) mass is 679 g/mol. The second-order valence-corrected chi connectivity index (χ2v) is 15.7. The lowest BCUT2D eigenvalue weighted by molar-refractivity contribution is -0.184. The van der Waals surface area contributed by atoms with E-state index < -0.39 is 117 Å². The smallest absolute Gasteiger partial charge is 0.342 e. The molecule has 14 atom stereocenters. The van der Waals surface area contributed by atoms with Gasteiger partial charge in [0.25, 0.3) is 0 Å². The molecule has 2 aliphatic carbocycles. The molecule has 0 aromatic heterocycles. The van der Waals surface area contributed by atoms with E-state index in [1.807, 2.05) is 32.9 Å². The van der Waals surface area contributed by atoms with Gasteiger partial charge in [-0.15, -0.1) is 0 Å². The highest BCUT2D eigenvalue weighted by molar-refractivity contribution is 6.28. The second-order valence-electron chi connectivity index (χ2n) is 15.7. The van der Waals surface area contributed by atoms with Crippen LogP contribution in [-0.4, -0.2) is 111 Å². The summed E-state index contributed by atoms with van der Waals surface area (Å²) in [7, 11) is 4.65. The molecule has 1 aromatic rings. The zero-order valence-electron chi connectivity index (χ0n) is 27.6. The summed E-state index contributed by atoms with van der Waals surface area (Å²) in [6.07, 6.45) is -4.74. The van der Waals surface area contributed by atoms with E-state index in [-0.39, 0.29) is 5.41 Å². The second kappa shape index (κ2) is 8.01. The van der Waals surface area contributed by atoms with Crippen molar-refractivity contribution in [2.24, 2.45) is 34.5 Å². The van der Waals surface area contributed by atoms with Gasteiger partial charge in [-0.05, 0) is 23.1 Å². The van der Waals surface area contributed by atoms with Gasteiger partial charge in [0, 0.05) is 23.7 Å². The molecular weight excluding hydrogens is 646 g/mol. The SMILES string of the molecule is COC(=O)[C@]12O[C@@]1(C(=O)OC)C1C2[C@H]2O[C@@H]1C13C(=O)N(c4ccc(C(C)(C)C)cc4)C(=O)C21[C@H]1O[C@@H]3C2C1[C@]1(C(=O)OC)O[C@]21C(=O)OC. The Kier molecular flexibility index (Phi) is 4.89. The average molecular weight is 680 g/mol. The maximum atomic E-state index is 15.3. The quantitative estimate of drug-likeness (QED) is 0.169. The predicted molar refractivity (Wildman–Crippen MR) is 155 cm³/mol. The lowest BCUT2D eigenvalue weighted by Crippen LogP contribution is -2.80. The number of fused-ring (bicyclic) bond motifs is 16. The fourth-order valence-corrected chi connectivity index (χ4v) is 12.2. The van der Waals surface area contributed by atoms with Crippen molar-refractivity contribution in [1.82, 2.24) is 0 Å². The van der Waals surface area contributed by atoms with Gasteiger partial charge in [-0.3, -0.25) is 9.59 Å². The van der Waals surface area contributed by atoms with Crippen molar-refractivity contribution in [3.63, 3.8) is 0 Å². The third kappa shape index (κ3) is 2.33. The van der Waals surface area contributed by atoms with Gasteiger partial charge in [-0.1, -0.05) is 32.9 Å². The van der Waals surface area contributed by atoms with Crippen LogP contribution in [0.3, 0.4) is 0 Å². The Morgan fingerprint density at radius 1 is 0.592 bits per heavy atom. The van der Waals surface area contributed by atoms with Crippen molar-refractivity contribution in [1.29, 1.82) is 0 Å². The minimum Gasteiger partial charge on any atom is -0.467 e.